The minimum absolute atomic E-state index is 0.976. The highest BCUT2D eigenvalue weighted by Gasteiger charge is 1.99. The van der Waals surface area contributed by atoms with Crippen LogP contribution in [-0.2, 0) is 0 Å². The maximum absolute atomic E-state index is 3.70. The second kappa shape index (κ2) is 3.85. The predicted molar refractivity (Wildman–Crippen MR) is 43.4 cm³/mol. The third-order valence-corrected chi connectivity index (χ3v) is 1.61. The lowest BCUT2D eigenvalue weighted by molar-refractivity contribution is 0.813. The van der Waals surface area contributed by atoms with E-state index in [-0.39, 0.29) is 0 Å². The Morgan fingerprint density at radius 2 is 1.73 bits per heavy atom. The minimum atomic E-state index is 0.976. The van der Waals surface area contributed by atoms with Gasteiger partial charge in [0, 0.05) is 13.1 Å². The molecule has 0 unspecified atom stereocenters. The van der Waals surface area contributed by atoms with Gasteiger partial charge < -0.3 is 4.90 Å². The van der Waals surface area contributed by atoms with Crippen molar-refractivity contribution in [2.24, 2.45) is 0 Å². The van der Waals surface area contributed by atoms with E-state index in [4.69, 9.17) is 0 Å². The highest BCUT2D eigenvalue weighted by atomic mass is 15.3. The Kier molecular flexibility index (Phi) is 2.77. The molecule has 0 spiro atoms. The molecule has 1 heterocycles. The Hall–Kier alpha value is -1.19. The lowest BCUT2D eigenvalue weighted by Gasteiger charge is -2.18. The van der Waals surface area contributed by atoms with Crippen LogP contribution in [0.5, 0.6) is 0 Å². The van der Waals surface area contributed by atoms with Gasteiger partial charge in [-0.1, -0.05) is 0 Å². The van der Waals surface area contributed by atoms with Crippen LogP contribution in [0.4, 0.5) is 5.69 Å². The zero-order valence-electron chi connectivity index (χ0n) is 6.86. The van der Waals surface area contributed by atoms with Gasteiger partial charge in [0.2, 0.25) is 0 Å². The molecule has 0 aromatic carbocycles. The average molecular weight is 152 g/mol. The molecule has 60 valence electrons. The zero-order valence-corrected chi connectivity index (χ0v) is 6.86. The largest absolute Gasteiger partial charge is 0.369 e. The predicted octanol–water partition coefficient (Wildman–Crippen LogP) is 0.718. The van der Waals surface area contributed by atoms with Crippen molar-refractivity contribution in [1.82, 2.24) is 15.4 Å². The van der Waals surface area contributed by atoms with Gasteiger partial charge in [0.1, 0.15) is 0 Å². The molecule has 0 fully saturated rings. The maximum Gasteiger partial charge on any atom is 0.0777 e. The molecule has 0 bridgehead atoms. The molecule has 0 aliphatic heterocycles. The molecule has 0 atom stereocenters. The lowest BCUT2D eigenvalue weighted by atomic mass is 10.4. The fraction of sp³-hybridized carbons (Fsp3) is 0.571. The summed E-state index contributed by atoms with van der Waals surface area (Å²) in [5.41, 5.74) is 1.03. The van der Waals surface area contributed by atoms with Gasteiger partial charge in [-0.2, -0.15) is 0 Å². The summed E-state index contributed by atoms with van der Waals surface area (Å²) in [4.78, 5) is 2.17. The van der Waals surface area contributed by atoms with Crippen molar-refractivity contribution in [2.75, 3.05) is 18.0 Å². The first-order chi connectivity index (χ1) is 5.38. The third kappa shape index (κ3) is 1.86. The molecular weight excluding hydrogens is 140 g/mol. The van der Waals surface area contributed by atoms with Crippen molar-refractivity contribution in [3.63, 3.8) is 0 Å². The molecule has 4 nitrogen and oxygen atoms in total. The Balaban J connectivity index is 2.74. The Morgan fingerprint density at radius 3 is 2.18 bits per heavy atom. The zero-order chi connectivity index (χ0) is 8.10. The van der Waals surface area contributed by atoms with Gasteiger partial charge in [0.15, 0.2) is 0 Å². The fourth-order valence-electron chi connectivity index (χ4n) is 0.985. The molecule has 4 heteroatoms. The minimum Gasteiger partial charge on any atom is -0.369 e. The number of hydrogen-bond acceptors (Lipinski definition) is 4. The maximum atomic E-state index is 3.70. The van der Waals surface area contributed by atoms with Crippen LogP contribution in [0, 0.1) is 0 Å². The van der Waals surface area contributed by atoms with Crippen LogP contribution in [0.15, 0.2) is 12.4 Å². The molecule has 0 saturated heterocycles. The molecule has 0 aliphatic rings. The van der Waals surface area contributed by atoms with Gasteiger partial charge in [-0.3, -0.25) is 0 Å². The van der Waals surface area contributed by atoms with Gasteiger partial charge in [-0.25, -0.2) is 0 Å². The molecule has 0 N–H and O–H groups in total. The van der Waals surface area contributed by atoms with Crippen LogP contribution in [0.1, 0.15) is 13.8 Å². The van der Waals surface area contributed by atoms with Crippen molar-refractivity contribution in [3.05, 3.63) is 12.4 Å². The second-order valence-electron chi connectivity index (χ2n) is 2.18. The smallest absolute Gasteiger partial charge is 0.0777 e. The molecule has 0 aliphatic carbocycles. The van der Waals surface area contributed by atoms with Gasteiger partial charge in [0.05, 0.1) is 18.1 Å². The highest BCUT2D eigenvalue weighted by molar-refractivity contribution is 5.40. The summed E-state index contributed by atoms with van der Waals surface area (Å²) in [6.07, 6.45) is 3.44. The summed E-state index contributed by atoms with van der Waals surface area (Å²) in [5.74, 6) is 0. The van der Waals surface area contributed by atoms with E-state index in [0.717, 1.165) is 18.8 Å². The van der Waals surface area contributed by atoms with E-state index in [1.54, 1.807) is 12.4 Å². The van der Waals surface area contributed by atoms with Gasteiger partial charge in [-0.15, -0.1) is 10.2 Å². The Morgan fingerprint density at radius 1 is 1.18 bits per heavy atom. The molecule has 11 heavy (non-hydrogen) atoms. The first-order valence-electron chi connectivity index (χ1n) is 3.76. The number of aromatic nitrogens is 3. The molecule has 0 radical (unpaired) electrons. The highest BCUT2D eigenvalue weighted by Crippen LogP contribution is 2.07. The van der Waals surface area contributed by atoms with E-state index >= 15 is 0 Å². The van der Waals surface area contributed by atoms with E-state index in [0.29, 0.717) is 0 Å². The standard InChI is InChI=1S/C7H12N4/c1-3-11(4-2)7-5-8-10-9-6-7/h5-6H,3-4H2,1-2H3. The van der Waals surface area contributed by atoms with Crippen molar-refractivity contribution >= 4 is 5.69 Å². The van der Waals surface area contributed by atoms with Crippen LogP contribution < -0.4 is 4.90 Å². The summed E-state index contributed by atoms with van der Waals surface area (Å²) in [6.45, 7) is 6.15. The molecule has 1 aromatic heterocycles. The normalized spacial score (nSPS) is 9.64. The summed E-state index contributed by atoms with van der Waals surface area (Å²) in [5, 5.41) is 10.9. The first kappa shape index (κ1) is 7.91. The average Bonchev–Trinajstić information content (AvgIpc) is 2.09. The van der Waals surface area contributed by atoms with Crippen LogP contribution in [0.3, 0.4) is 0 Å². The molecule has 1 rings (SSSR count). The van der Waals surface area contributed by atoms with E-state index < -0.39 is 0 Å². The number of rotatable bonds is 3. The van der Waals surface area contributed by atoms with Crippen molar-refractivity contribution in [3.8, 4) is 0 Å². The van der Waals surface area contributed by atoms with Crippen LogP contribution >= 0.6 is 0 Å². The van der Waals surface area contributed by atoms with Gasteiger partial charge in [-0.05, 0) is 19.1 Å². The summed E-state index contributed by atoms with van der Waals surface area (Å²) in [7, 11) is 0. The summed E-state index contributed by atoms with van der Waals surface area (Å²) in [6, 6.07) is 0. The van der Waals surface area contributed by atoms with E-state index in [9.17, 15) is 0 Å². The molecule has 0 amide bonds. The second-order valence-corrected chi connectivity index (χ2v) is 2.18. The topological polar surface area (TPSA) is 41.9 Å². The molecular formula is C7H12N4. The SMILES string of the molecule is CCN(CC)c1cnnnc1. The van der Waals surface area contributed by atoms with Crippen molar-refractivity contribution in [1.29, 1.82) is 0 Å². The van der Waals surface area contributed by atoms with Crippen LogP contribution in [-0.4, -0.2) is 28.5 Å². The molecule has 0 saturated carbocycles. The van der Waals surface area contributed by atoms with Crippen molar-refractivity contribution < 1.29 is 0 Å². The van der Waals surface area contributed by atoms with E-state index in [2.05, 4.69) is 34.2 Å². The van der Waals surface area contributed by atoms with Crippen molar-refractivity contribution in [2.45, 2.75) is 13.8 Å². The van der Waals surface area contributed by atoms with Crippen LogP contribution in [0.2, 0.25) is 0 Å². The number of hydrogen-bond donors (Lipinski definition) is 0. The first-order valence-corrected chi connectivity index (χ1v) is 3.76. The fourth-order valence-corrected chi connectivity index (χ4v) is 0.985. The Bertz CT molecular complexity index is 195. The third-order valence-electron chi connectivity index (χ3n) is 1.61. The lowest BCUT2D eigenvalue weighted by Crippen LogP contribution is -2.22. The Labute approximate surface area is 66.2 Å². The number of anilines is 1. The quantitative estimate of drug-likeness (QED) is 0.640. The summed E-state index contributed by atoms with van der Waals surface area (Å²) >= 11 is 0. The monoisotopic (exact) mass is 152 g/mol. The van der Waals surface area contributed by atoms with E-state index in [1.165, 1.54) is 0 Å². The van der Waals surface area contributed by atoms with Crippen LogP contribution in [0.25, 0.3) is 0 Å². The number of nitrogens with zero attached hydrogens (tertiary/aromatic N) is 4. The molecule has 1 aromatic rings. The van der Waals surface area contributed by atoms with Gasteiger partial charge in [0.25, 0.3) is 0 Å². The van der Waals surface area contributed by atoms with E-state index in [1.807, 2.05) is 0 Å². The summed E-state index contributed by atoms with van der Waals surface area (Å²) < 4.78 is 0. The van der Waals surface area contributed by atoms with Gasteiger partial charge >= 0.3 is 0 Å².